The Balaban J connectivity index is 3.08. The summed E-state index contributed by atoms with van der Waals surface area (Å²) in [6.07, 6.45) is 2.36. The molecule has 1 heterocycles. The van der Waals surface area contributed by atoms with Gasteiger partial charge in [-0.3, -0.25) is 0 Å². The molecule has 0 aromatic carbocycles. The lowest BCUT2D eigenvalue weighted by atomic mass is 10.2. The van der Waals surface area contributed by atoms with Crippen molar-refractivity contribution in [2.24, 2.45) is 0 Å². The van der Waals surface area contributed by atoms with Gasteiger partial charge in [-0.05, 0) is 19.6 Å². The van der Waals surface area contributed by atoms with Crippen LogP contribution in [0.2, 0.25) is 0 Å². The number of hydrogen-bond acceptors (Lipinski definition) is 5. The Bertz CT molecular complexity index is 436. The van der Waals surface area contributed by atoms with Crippen LogP contribution in [-0.2, 0) is 12.2 Å². The molecule has 100 valence electrons. The van der Waals surface area contributed by atoms with E-state index in [9.17, 15) is 4.79 Å². The first-order valence-electron chi connectivity index (χ1n) is 5.74. The number of carbonyl (C=O) groups excluding carboxylic acids is 1. The molecule has 1 aromatic rings. The Morgan fingerprint density at radius 2 is 2.06 bits per heavy atom. The summed E-state index contributed by atoms with van der Waals surface area (Å²) >= 11 is 1.64. The molecule has 6 heteroatoms. The topological polar surface area (TPSA) is 55.3 Å². The largest absolute Gasteiger partial charge is 0.416 e. The summed E-state index contributed by atoms with van der Waals surface area (Å²) in [5.74, 6) is 1.77. The summed E-state index contributed by atoms with van der Waals surface area (Å²) in [4.78, 5) is 21.7. The Hall–Kier alpha value is -1.30. The van der Waals surface area contributed by atoms with Crippen LogP contribution >= 0.6 is 11.8 Å². The number of aromatic nitrogens is 2. The molecule has 0 aliphatic heterocycles. The van der Waals surface area contributed by atoms with Crippen LogP contribution in [0.4, 0.5) is 4.79 Å². The van der Waals surface area contributed by atoms with Gasteiger partial charge in [0.15, 0.2) is 0 Å². The zero-order valence-corrected chi connectivity index (χ0v) is 12.3. The van der Waals surface area contributed by atoms with Crippen molar-refractivity contribution in [1.82, 2.24) is 14.9 Å². The minimum atomic E-state index is -0.422. The fraction of sp³-hybridized carbons (Fsp3) is 0.583. The molecule has 0 unspecified atom stereocenters. The molecule has 0 bridgehead atoms. The Morgan fingerprint density at radius 1 is 1.39 bits per heavy atom. The van der Waals surface area contributed by atoms with Gasteiger partial charge < -0.3 is 9.64 Å². The molecule has 5 nitrogen and oxygen atoms in total. The summed E-state index contributed by atoms with van der Waals surface area (Å²) < 4.78 is 5.26. The van der Waals surface area contributed by atoms with Crippen molar-refractivity contribution in [2.45, 2.75) is 26.0 Å². The fourth-order valence-corrected chi connectivity index (χ4v) is 1.79. The highest BCUT2D eigenvalue weighted by Gasteiger charge is 2.15. The monoisotopic (exact) mass is 269 g/mol. The molecule has 0 saturated heterocycles. The second-order valence-corrected chi connectivity index (χ2v) is 4.93. The summed E-state index contributed by atoms with van der Waals surface area (Å²) in [6, 6.07) is 0. The SMILES string of the molecule is CCc1nc(CSC)nc(OC(=O)N(C)C)c1C. The van der Waals surface area contributed by atoms with E-state index < -0.39 is 6.09 Å². The Labute approximate surface area is 112 Å². The number of amides is 1. The van der Waals surface area contributed by atoms with Crippen LogP contribution in [0.25, 0.3) is 0 Å². The highest BCUT2D eigenvalue weighted by atomic mass is 32.2. The van der Waals surface area contributed by atoms with E-state index >= 15 is 0 Å². The quantitative estimate of drug-likeness (QED) is 0.839. The van der Waals surface area contributed by atoms with Crippen molar-refractivity contribution in [3.8, 4) is 5.88 Å². The van der Waals surface area contributed by atoms with Crippen LogP contribution in [0.3, 0.4) is 0 Å². The molecule has 0 radical (unpaired) electrons. The molecule has 1 aromatic heterocycles. The number of aryl methyl sites for hydroxylation is 1. The first-order valence-corrected chi connectivity index (χ1v) is 7.13. The van der Waals surface area contributed by atoms with Gasteiger partial charge in [0.05, 0.1) is 11.4 Å². The maximum absolute atomic E-state index is 11.6. The van der Waals surface area contributed by atoms with Crippen LogP contribution in [0, 0.1) is 6.92 Å². The first-order chi connectivity index (χ1) is 8.49. The van der Waals surface area contributed by atoms with Crippen molar-refractivity contribution < 1.29 is 9.53 Å². The van der Waals surface area contributed by atoms with Gasteiger partial charge >= 0.3 is 6.09 Å². The smallest absolute Gasteiger partial charge is 0.391 e. The lowest BCUT2D eigenvalue weighted by molar-refractivity contribution is 0.169. The predicted octanol–water partition coefficient (Wildman–Crippen LogP) is 2.27. The molecular formula is C12H19N3O2S. The predicted molar refractivity (Wildman–Crippen MR) is 73.1 cm³/mol. The van der Waals surface area contributed by atoms with Crippen molar-refractivity contribution >= 4 is 17.9 Å². The highest BCUT2D eigenvalue weighted by molar-refractivity contribution is 7.97. The third-order valence-electron chi connectivity index (χ3n) is 2.41. The van der Waals surface area contributed by atoms with Gasteiger partial charge in [-0.2, -0.15) is 16.7 Å². The number of rotatable bonds is 4. The van der Waals surface area contributed by atoms with E-state index in [0.29, 0.717) is 17.5 Å². The van der Waals surface area contributed by atoms with E-state index in [2.05, 4.69) is 9.97 Å². The van der Waals surface area contributed by atoms with Gasteiger partial charge in [0.2, 0.25) is 5.88 Å². The van der Waals surface area contributed by atoms with Crippen LogP contribution < -0.4 is 4.74 Å². The zero-order valence-electron chi connectivity index (χ0n) is 11.5. The molecule has 0 atom stereocenters. The van der Waals surface area contributed by atoms with Crippen LogP contribution in [0.5, 0.6) is 5.88 Å². The van der Waals surface area contributed by atoms with E-state index in [1.165, 1.54) is 4.90 Å². The molecule has 1 rings (SSSR count). The molecule has 0 spiro atoms. The molecule has 18 heavy (non-hydrogen) atoms. The van der Waals surface area contributed by atoms with Gasteiger partial charge in [-0.1, -0.05) is 6.92 Å². The number of ether oxygens (including phenoxy) is 1. The first kappa shape index (κ1) is 14.8. The number of carbonyl (C=O) groups is 1. The molecule has 0 fully saturated rings. The van der Waals surface area contributed by atoms with Gasteiger partial charge in [0, 0.05) is 19.7 Å². The Kier molecular flexibility index (Phi) is 5.40. The van der Waals surface area contributed by atoms with Gasteiger partial charge in [0.1, 0.15) is 5.82 Å². The molecule has 0 aliphatic rings. The van der Waals surface area contributed by atoms with Crippen LogP contribution in [0.1, 0.15) is 24.0 Å². The van der Waals surface area contributed by atoms with E-state index in [4.69, 9.17) is 4.74 Å². The van der Waals surface area contributed by atoms with E-state index in [1.54, 1.807) is 25.9 Å². The molecular weight excluding hydrogens is 250 g/mol. The minimum Gasteiger partial charge on any atom is -0.391 e. The van der Waals surface area contributed by atoms with Crippen molar-refractivity contribution in [2.75, 3.05) is 20.4 Å². The highest BCUT2D eigenvalue weighted by Crippen LogP contribution is 2.20. The maximum atomic E-state index is 11.6. The standard InChI is InChI=1S/C12H19N3O2S/c1-6-9-8(2)11(17-12(16)15(3)4)14-10(13-9)7-18-5/h6-7H2,1-5H3. The van der Waals surface area contributed by atoms with Gasteiger partial charge in [0.25, 0.3) is 0 Å². The molecule has 1 amide bonds. The second kappa shape index (κ2) is 6.58. The normalized spacial score (nSPS) is 10.3. The van der Waals surface area contributed by atoms with Gasteiger partial charge in [-0.15, -0.1) is 0 Å². The summed E-state index contributed by atoms with van der Waals surface area (Å²) in [5.41, 5.74) is 1.76. The number of nitrogens with zero attached hydrogens (tertiary/aromatic N) is 3. The molecule has 0 N–H and O–H groups in total. The number of thioether (sulfide) groups is 1. The van der Waals surface area contributed by atoms with E-state index in [-0.39, 0.29) is 0 Å². The average Bonchev–Trinajstić information content (AvgIpc) is 2.33. The third-order valence-corrected chi connectivity index (χ3v) is 2.95. The zero-order chi connectivity index (χ0) is 13.7. The molecule has 0 aliphatic carbocycles. The number of hydrogen-bond donors (Lipinski definition) is 0. The summed E-state index contributed by atoms with van der Waals surface area (Å²) in [6.45, 7) is 3.90. The third kappa shape index (κ3) is 3.60. The van der Waals surface area contributed by atoms with Crippen molar-refractivity contribution in [1.29, 1.82) is 0 Å². The minimum absolute atomic E-state index is 0.365. The van der Waals surface area contributed by atoms with Crippen LogP contribution in [-0.4, -0.2) is 41.3 Å². The van der Waals surface area contributed by atoms with Gasteiger partial charge in [-0.25, -0.2) is 9.78 Å². The second-order valence-electron chi connectivity index (χ2n) is 4.07. The molecule has 0 saturated carbocycles. The van der Waals surface area contributed by atoms with Crippen LogP contribution in [0.15, 0.2) is 0 Å². The van der Waals surface area contributed by atoms with Crippen molar-refractivity contribution in [3.63, 3.8) is 0 Å². The Morgan fingerprint density at radius 3 is 2.56 bits per heavy atom. The maximum Gasteiger partial charge on any atom is 0.416 e. The fourth-order valence-electron chi connectivity index (χ4n) is 1.40. The van der Waals surface area contributed by atoms with Crippen molar-refractivity contribution in [3.05, 3.63) is 17.1 Å². The average molecular weight is 269 g/mol. The summed E-state index contributed by atoms with van der Waals surface area (Å²) in [5, 5.41) is 0. The lowest BCUT2D eigenvalue weighted by Gasteiger charge is -2.14. The lowest BCUT2D eigenvalue weighted by Crippen LogP contribution is -2.26. The summed E-state index contributed by atoms with van der Waals surface area (Å²) in [7, 11) is 3.28. The van der Waals surface area contributed by atoms with E-state index in [1.807, 2.05) is 20.1 Å². The van der Waals surface area contributed by atoms with E-state index in [0.717, 1.165) is 17.7 Å².